The van der Waals surface area contributed by atoms with Crippen molar-refractivity contribution in [3.05, 3.63) is 23.5 Å². The Morgan fingerprint density at radius 3 is 2.40 bits per heavy atom. The van der Waals surface area contributed by atoms with Gasteiger partial charge in [-0.2, -0.15) is 0 Å². The van der Waals surface area contributed by atoms with E-state index in [4.69, 9.17) is 14.2 Å². The molecule has 0 saturated carbocycles. The molecule has 0 aliphatic carbocycles. The highest BCUT2D eigenvalue weighted by atomic mass is 16.8. The van der Waals surface area contributed by atoms with Crippen molar-refractivity contribution < 1.29 is 44.8 Å². The van der Waals surface area contributed by atoms with Crippen LogP contribution in [0.1, 0.15) is 13.3 Å². The lowest BCUT2D eigenvalue weighted by atomic mass is 9.87. The Kier molecular flexibility index (Phi) is 7.35. The summed E-state index contributed by atoms with van der Waals surface area (Å²) in [5.41, 5.74) is 1.20. The molecular formula is C16H26O9. The molecule has 0 spiro atoms. The minimum atomic E-state index is -1.55. The van der Waals surface area contributed by atoms with Gasteiger partial charge in [-0.05, 0) is 18.9 Å². The van der Waals surface area contributed by atoms with Crippen LogP contribution in [0.2, 0.25) is 0 Å². The van der Waals surface area contributed by atoms with Gasteiger partial charge in [0, 0.05) is 18.1 Å². The number of aliphatic hydroxyl groups excluding tert-OH is 6. The van der Waals surface area contributed by atoms with Gasteiger partial charge in [0.25, 0.3) is 0 Å². The zero-order valence-electron chi connectivity index (χ0n) is 13.9. The third-order valence-electron chi connectivity index (χ3n) is 4.50. The fourth-order valence-electron chi connectivity index (χ4n) is 3.07. The number of allylic oxidation sites excluding steroid dienone is 1. The van der Waals surface area contributed by atoms with Crippen LogP contribution in [0.25, 0.3) is 0 Å². The van der Waals surface area contributed by atoms with Crippen LogP contribution in [-0.4, -0.2) is 87.5 Å². The third kappa shape index (κ3) is 4.21. The maximum Gasteiger partial charge on any atom is 0.224 e. The van der Waals surface area contributed by atoms with Crippen molar-refractivity contribution in [2.24, 2.45) is 5.92 Å². The van der Waals surface area contributed by atoms with Gasteiger partial charge < -0.3 is 44.8 Å². The molecule has 2 aliphatic rings. The van der Waals surface area contributed by atoms with Gasteiger partial charge >= 0.3 is 0 Å². The van der Waals surface area contributed by atoms with E-state index < -0.39 is 43.6 Å². The lowest BCUT2D eigenvalue weighted by Gasteiger charge is -2.42. The minimum absolute atomic E-state index is 0.105. The van der Waals surface area contributed by atoms with Gasteiger partial charge in [0.05, 0.1) is 19.5 Å². The zero-order valence-corrected chi connectivity index (χ0v) is 13.9. The van der Waals surface area contributed by atoms with E-state index in [1.165, 1.54) is 6.26 Å². The summed E-state index contributed by atoms with van der Waals surface area (Å²) in [5.74, 6) is -0.302. The predicted octanol–water partition coefficient (Wildman–Crippen LogP) is -2.02. The van der Waals surface area contributed by atoms with Crippen LogP contribution in [0.4, 0.5) is 0 Å². The van der Waals surface area contributed by atoms with Gasteiger partial charge in [-0.15, -0.1) is 0 Å². The van der Waals surface area contributed by atoms with E-state index in [-0.39, 0.29) is 19.1 Å². The summed E-state index contributed by atoms with van der Waals surface area (Å²) >= 11 is 0. The van der Waals surface area contributed by atoms with E-state index in [1.54, 1.807) is 13.0 Å². The molecule has 9 nitrogen and oxygen atoms in total. The average molecular weight is 362 g/mol. The predicted molar refractivity (Wildman–Crippen MR) is 83.8 cm³/mol. The first-order valence-electron chi connectivity index (χ1n) is 8.16. The Hall–Kier alpha value is -1.04. The van der Waals surface area contributed by atoms with Crippen molar-refractivity contribution in [2.75, 3.05) is 19.8 Å². The topological polar surface area (TPSA) is 149 Å². The van der Waals surface area contributed by atoms with Crippen molar-refractivity contribution >= 4 is 0 Å². The fourth-order valence-corrected chi connectivity index (χ4v) is 3.07. The summed E-state index contributed by atoms with van der Waals surface area (Å²) in [7, 11) is 0. The van der Waals surface area contributed by atoms with Crippen molar-refractivity contribution in [1.29, 1.82) is 0 Å². The van der Waals surface area contributed by atoms with Crippen LogP contribution in [0.15, 0.2) is 23.5 Å². The second kappa shape index (κ2) is 9.06. The monoisotopic (exact) mass is 362 g/mol. The summed E-state index contributed by atoms with van der Waals surface area (Å²) < 4.78 is 16.4. The second-order valence-corrected chi connectivity index (χ2v) is 6.01. The number of aliphatic hydroxyl groups is 6. The molecule has 2 heterocycles. The molecule has 2 aliphatic heterocycles. The maximum absolute atomic E-state index is 10.1. The first-order valence-corrected chi connectivity index (χ1v) is 8.16. The molecule has 144 valence electrons. The Bertz CT molecular complexity index is 490. The minimum Gasteiger partial charge on any atom is -0.468 e. The van der Waals surface area contributed by atoms with Gasteiger partial charge in [0.1, 0.15) is 24.4 Å². The molecule has 7 atom stereocenters. The van der Waals surface area contributed by atoms with Crippen molar-refractivity contribution in [2.45, 2.75) is 50.3 Å². The smallest absolute Gasteiger partial charge is 0.224 e. The molecule has 0 unspecified atom stereocenters. The van der Waals surface area contributed by atoms with E-state index in [9.17, 15) is 30.6 Å². The Labute approximate surface area is 145 Å². The van der Waals surface area contributed by atoms with Crippen LogP contribution < -0.4 is 0 Å². The van der Waals surface area contributed by atoms with Crippen molar-refractivity contribution in [1.82, 2.24) is 0 Å². The number of hydrogen-bond donors (Lipinski definition) is 6. The van der Waals surface area contributed by atoms with Gasteiger partial charge in [0.2, 0.25) is 6.29 Å². The molecule has 2 rings (SSSR count). The molecule has 9 heteroatoms. The highest BCUT2D eigenvalue weighted by Gasteiger charge is 2.46. The molecule has 1 saturated heterocycles. The van der Waals surface area contributed by atoms with E-state index in [1.807, 2.05) is 0 Å². The molecule has 0 bridgehead atoms. The first kappa shape index (κ1) is 20.3. The van der Waals surface area contributed by atoms with E-state index >= 15 is 0 Å². The molecule has 0 aromatic heterocycles. The molecule has 25 heavy (non-hydrogen) atoms. The molecule has 1 fully saturated rings. The lowest BCUT2D eigenvalue weighted by Crippen LogP contribution is -2.60. The van der Waals surface area contributed by atoms with Crippen molar-refractivity contribution in [3.8, 4) is 0 Å². The SMILES string of the molecule is C/C=C1/[C@H](O[C@@H]2O[C@H](CO)[C@@H](O)[C@H](O)[C@H]2O)OC=C(CO)[C@H]1CCO. The highest BCUT2D eigenvalue weighted by Crippen LogP contribution is 2.34. The summed E-state index contributed by atoms with van der Waals surface area (Å²) in [5, 5.41) is 57.6. The van der Waals surface area contributed by atoms with E-state index in [2.05, 4.69) is 0 Å². The third-order valence-corrected chi connectivity index (χ3v) is 4.50. The van der Waals surface area contributed by atoms with Gasteiger partial charge in [-0.3, -0.25) is 0 Å². The molecule has 0 aromatic rings. The summed E-state index contributed by atoms with van der Waals surface area (Å²) in [4.78, 5) is 0. The average Bonchev–Trinajstić information content (AvgIpc) is 2.62. The molecular weight excluding hydrogens is 336 g/mol. The van der Waals surface area contributed by atoms with Crippen LogP contribution in [0.5, 0.6) is 0 Å². The molecule has 0 amide bonds. The van der Waals surface area contributed by atoms with Gasteiger partial charge in [-0.25, -0.2) is 0 Å². The Morgan fingerprint density at radius 2 is 1.84 bits per heavy atom. The lowest BCUT2D eigenvalue weighted by molar-refractivity contribution is -0.327. The summed E-state index contributed by atoms with van der Waals surface area (Å²) in [6.07, 6.45) is -4.56. The van der Waals surface area contributed by atoms with Crippen LogP contribution in [0.3, 0.4) is 0 Å². The fraction of sp³-hybridized carbons (Fsp3) is 0.750. The molecule has 0 radical (unpaired) electrons. The summed E-state index contributed by atoms with van der Waals surface area (Å²) in [6, 6.07) is 0. The van der Waals surface area contributed by atoms with Crippen LogP contribution >= 0.6 is 0 Å². The summed E-state index contributed by atoms with van der Waals surface area (Å²) in [6.45, 7) is 0.836. The van der Waals surface area contributed by atoms with Crippen LogP contribution in [0, 0.1) is 5.92 Å². The van der Waals surface area contributed by atoms with Gasteiger partial charge in [0.15, 0.2) is 6.29 Å². The number of hydrogen-bond acceptors (Lipinski definition) is 9. The standard InChI is InChI=1S/C16H26O9/c1-2-9-10(3-4-17)8(5-18)7-23-15(9)25-16-14(22)13(21)12(20)11(6-19)24-16/h2,7,10-22H,3-6H2,1H3/b9-2+/t10-,11-,12-,13+,14-,15+,16+/m1/s1. The van der Waals surface area contributed by atoms with E-state index in [0.29, 0.717) is 17.6 Å². The number of ether oxygens (including phenoxy) is 3. The maximum atomic E-state index is 10.1. The zero-order chi connectivity index (χ0) is 18.6. The Morgan fingerprint density at radius 1 is 1.12 bits per heavy atom. The normalized spacial score (nSPS) is 40.7. The molecule has 6 N–H and O–H groups in total. The number of rotatable bonds is 6. The first-order chi connectivity index (χ1) is 12.0. The highest BCUT2D eigenvalue weighted by molar-refractivity contribution is 5.25. The van der Waals surface area contributed by atoms with Crippen LogP contribution in [-0.2, 0) is 14.2 Å². The molecule has 0 aromatic carbocycles. The second-order valence-electron chi connectivity index (χ2n) is 6.01. The largest absolute Gasteiger partial charge is 0.468 e. The van der Waals surface area contributed by atoms with E-state index in [0.717, 1.165) is 0 Å². The van der Waals surface area contributed by atoms with Gasteiger partial charge in [-0.1, -0.05) is 6.08 Å². The quantitative estimate of drug-likeness (QED) is 0.294. The Balaban J connectivity index is 2.16. The van der Waals surface area contributed by atoms with Crippen molar-refractivity contribution in [3.63, 3.8) is 0 Å².